The van der Waals surface area contributed by atoms with Crippen LogP contribution < -0.4 is 5.32 Å². The van der Waals surface area contributed by atoms with Gasteiger partial charge in [0.1, 0.15) is 0 Å². The van der Waals surface area contributed by atoms with Crippen LogP contribution in [0, 0.1) is 10.1 Å². The van der Waals surface area contributed by atoms with E-state index in [9.17, 15) is 10.1 Å². The molecule has 0 aliphatic carbocycles. The summed E-state index contributed by atoms with van der Waals surface area (Å²) in [6, 6.07) is 2.57. The molecule has 1 fully saturated rings. The second-order valence-electron chi connectivity index (χ2n) is 5.00. The summed E-state index contributed by atoms with van der Waals surface area (Å²) < 4.78 is 11.0. The normalized spacial score (nSPS) is 15.7. The first-order chi connectivity index (χ1) is 10.6. The number of non-ortho nitro benzene ring substituents is 1. The maximum Gasteiger partial charge on any atom is 0.272 e. The van der Waals surface area contributed by atoms with Gasteiger partial charge in [-0.25, -0.2) is 0 Å². The van der Waals surface area contributed by atoms with E-state index in [4.69, 9.17) is 32.7 Å². The Kier molecular flexibility index (Phi) is 6.70. The first-order valence-corrected chi connectivity index (χ1v) is 7.90. The lowest BCUT2D eigenvalue weighted by atomic mass is 10.1. The van der Waals surface area contributed by atoms with E-state index in [0.29, 0.717) is 18.8 Å². The van der Waals surface area contributed by atoms with Crippen LogP contribution in [0.4, 0.5) is 11.4 Å². The Morgan fingerprint density at radius 3 is 2.55 bits per heavy atom. The van der Waals surface area contributed by atoms with Crippen LogP contribution >= 0.6 is 23.2 Å². The third-order valence-electron chi connectivity index (χ3n) is 3.38. The van der Waals surface area contributed by atoms with Crippen molar-refractivity contribution in [2.75, 3.05) is 31.7 Å². The molecular formula is C14H18Cl2N2O4. The van der Waals surface area contributed by atoms with Gasteiger partial charge in [0.25, 0.3) is 5.69 Å². The average molecular weight is 349 g/mol. The van der Waals surface area contributed by atoms with Crippen molar-refractivity contribution in [3.05, 3.63) is 32.3 Å². The summed E-state index contributed by atoms with van der Waals surface area (Å²) in [5.74, 6) is 0. The average Bonchev–Trinajstić information content (AvgIpc) is 2.50. The highest BCUT2D eigenvalue weighted by Gasteiger charge is 2.15. The summed E-state index contributed by atoms with van der Waals surface area (Å²) in [5.41, 5.74) is 0.392. The van der Waals surface area contributed by atoms with Crippen LogP contribution in [0.5, 0.6) is 0 Å². The number of rotatable bonds is 7. The Morgan fingerprint density at radius 2 is 1.95 bits per heavy atom. The van der Waals surface area contributed by atoms with Crippen molar-refractivity contribution in [3.63, 3.8) is 0 Å². The SMILES string of the molecule is O=[N+]([O-])c1cc(Cl)c(NCCCOC2CCOCC2)c(Cl)c1. The number of ether oxygens (including phenoxy) is 2. The molecule has 1 heterocycles. The molecule has 1 saturated heterocycles. The van der Waals surface area contributed by atoms with E-state index in [1.165, 1.54) is 12.1 Å². The summed E-state index contributed by atoms with van der Waals surface area (Å²) >= 11 is 12.0. The molecular weight excluding hydrogens is 331 g/mol. The zero-order valence-electron chi connectivity index (χ0n) is 12.0. The maximum atomic E-state index is 10.7. The number of benzene rings is 1. The lowest BCUT2D eigenvalue weighted by Gasteiger charge is -2.22. The van der Waals surface area contributed by atoms with Crippen molar-refractivity contribution in [3.8, 4) is 0 Å². The van der Waals surface area contributed by atoms with Crippen LogP contribution in [0.1, 0.15) is 19.3 Å². The van der Waals surface area contributed by atoms with Crippen LogP contribution in [0.3, 0.4) is 0 Å². The van der Waals surface area contributed by atoms with Gasteiger partial charge in [-0.3, -0.25) is 10.1 Å². The van der Waals surface area contributed by atoms with Crippen molar-refractivity contribution in [2.24, 2.45) is 0 Å². The van der Waals surface area contributed by atoms with E-state index in [2.05, 4.69) is 5.32 Å². The van der Waals surface area contributed by atoms with Crippen LogP contribution in [-0.2, 0) is 9.47 Å². The first-order valence-electron chi connectivity index (χ1n) is 7.14. The summed E-state index contributed by atoms with van der Waals surface area (Å²) in [6.45, 7) is 2.79. The number of nitro groups is 1. The predicted molar refractivity (Wildman–Crippen MR) is 86.0 cm³/mol. The number of nitro benzene ring substituents is 1. The summed E-state index contributed by atoms with van der Waals surface area (Å²) in [4.78, 5) is 10.2. The van der Waals surface area contributed by atoms with Gasteiger partial charge in [0.2, 0.25) is 0 Å². The molecule has 0 bridgehead atoms. The molecule has 1 aliphatic rings. The van der Waals surface area contributed by atoms with Gasteiger partial charge in [0.15, 0.2) is 0 Å². The molecule has 0 atom stereocenters. The van der Waals surface area contributed by atoms with E-state index in [1.807, 2.05) is 0 Å². The predicted octanol–water partition coefficient (Wildman–Crippen LogP) is 3.90. The quantitative estimate of drug-likeness (QED) is 0.459. The number of nitrogens with zero attached hydrogens (tertiary/aromatic N) is 1. The molecule has 1 aromatic rings. The van der Waals surface area contributed by atoms with E-state index >= 15 is 0 Å². The molecule has 22 heavy (non-hydrogen) atoms. The molecule has 8 heteroatoms. The summed E-state index contributed by atoms with van der Waals surface area (Å²) in [6.07, 6.45) is 2.95. The van der Waals surface area contributed by atoms with Crippen molar-refractivity contribution in [1.82, 2.24) is 0 Å². The highest BCUT2D eigenvalue weighted by molar-refractivity contribution is 6.39. The standard InChI is InChI=1S/C14H18Cl2N2O4/c15-12-8-10(18(19)20)9-13(16)14(12)17-4-1-5-22-11-2-6-21-7-3-11/h8-9,11,17H,1-7H2. The van der Waals surface area contributed by atoms with Crippen LogP contribution in [0.15, 0.2) is 12.1 Å². The van der Waals surface area contributed by atoms with Crippen LogP contribution in [-0.4, -0.2) is 37.4 Å². The van der Waals surface area contributed by atoms with Crippen molar-refractivity contribution in [1.29, 1.82) is 0 Å². The topological polar surface area (TPSA) is 73.6 Å². The Morgan fingerprint density at radius 1 is 1.32 bits per heavy atom. The fourth-order valence-corrected chi connectivity index (χ4v) is 2.82. The monoisotopic (exact) mass is 348 g/mol. The van der Waals surface area contributed by atoms with E-state index in [0.717, 1.165) is 32.5 Å². The minimum Gasteiger partial charge on any atom is -0.383 e. The molecule has 0 amide bonds. The molecule has 0 spiro atoms. The number of anilines is 1. The molecule has 0 saturated carbocycles. The second kappa shape index (κ2) is 8.53. The van der Waals surface area contributed by atoms with Gasteiger partial charge in [-0.15, -0.1) is 0 Å². The highest BCUT2D eigenvalue weighted by atomic mass is 35.5. The number of hydrogen-bond acceptors (Lipinski definition) is 5. The lowest BCUT2D eigenvalue weighted by molar-refractivity contribution is -0.384. The number of nitrogens with one attached hydrogen (secondary N) is 1. The number of halogens is 2. The van der Waals surface area contributed by atoms with E-state index in [1.54, 1.807) is 0 Å². The summed E-state index contributed by atoms with van der Waals surface area (Å²) in [5, 5.41) is 14.3. The van der Waals surface area contributed by atoms with Gasteiger partial charge in [0.05, 0.1) is 26.8 Å². The molecule has 1 N–H and O–H groups in total. The van der Waals surface area contributed by atoms with Gasteiger partial charge in [0, 0.05) is 38.5 Å². The van der Waals surface area contributed by atoms with Gasteiger partial charge in [-0.05, 0) is 19.3 Å². The van der Waals surface area contributed by atoms with E-state index < -0.39 is 4.92 Å². The van der Waals surface area contributed by atoms with Gasteiger partial charge >= 0.3 is 0 Å². The lowest BCUT2D eigenvalue weighted by Crippen LogP contribution is -2.24. The van der Waals surface area contributed by atoms with Crippen LogP contribution in [0.2, 0.25) is 10.0 Å². The Bertz CT molecular complexity index is 499. The molecule has 6 nitrogen and oxygen atoms in total. The minimum atomic E-state index is -0.525. The Labute approximate surface area is 138 Å². The third kappa shape index (κ3) is 4.98. The van der Waals surface area contributed by atoms with Crippen molar-refractivity contribution < 1.29 is 14.4 Å². The zero-order chi connectivity index (χ0) is 15.9. The number of hydrogen-bond donors (Lipinski definition) is 1. The molecule has 2 rings (SSSR count). The smallest absolute Gasteiger partial charge is 0.272 e. The van der Waals surface area contributed by atoms with Crippen molar-refractivity contribution in [2.45, 2.75) is 25.4 Å². The largest absolute Gasteiger partial charge is 0.383 e. The Balaban J connectivity index is 1.75. The molecule has 1 aliphatic heterocycles. The zero-order valence-corrected chi connectivity index (χ0v) is 13.5. The third-order valence-corrected chi connectivity index (χ3v) is 3.98. The minimum absolute atomic E-state index is 0.122. The molecule has 1 aromatic carbocycles. The second-order valence-corrected chi connectivity index (χ2v) is 5.82. The first kappa shape index (κ1) is 17.3. The molecule has 0 radical (unpaired) electrons. The fourth-order valence-electron chi connectivity index (χ4n) is 2.21. The molecule has 0 aromatic heterocycles. The Hall–Kier alpha value is -1.08. The molecule has 0 unspecified atom stereocenters. The van der Waals surface area contributed by atoms with Gasteiger partial charge in [-0.1, -0.05) is 23.2 Å². The van der Waals surface area contributed by atoms with Crippen LogP contribution in [0.25, 0.3) is 0 Å². The van der Waals surface area contributed by atoms with Gasteiger partial charge < -0.3 is 14.8 Å². The van der Waals surface area contributed by atoms with Crippen molar-refractivity contribution >= 4 is 34.6 Å². The highest BCUT2D eigenvalue weighted by Crippen LogP contribution is 2.34. The van der Waals surface area contributed by atoms with E-state index in [-0.39, 0.29) is 21.8 Å². The maximum absolute atomic E-state index is 10.7. The fraction of sp³-hybridized carbons (Fsp3) is 0.571. The summed E-state index contributed by atoms with van der Waals surface area (Å²) in [7, 11) is 0. The van der Waals surface area contributed by atoms with Gasteiger partial charge in [-0.2, -0.15) is 0 Å². The molecule has 122 valence electrons.